The first-order chi connectivity index (χ1) is 7.25. The van der Waals surface area contributed by atoms with Crippen molar-refractivity contribution in [2.75, 3.05) is 6.61 Å². The standard InChI is InChI=1S/C10H12BrFO2S/c11-9-5-7(12)8(15-9)6-14-10-3-1-2-4-13-10/h5,10H,1-4,6H2. The lowest BCUT2D eigenvalue weighted by Crippen LogP contribution is -2.21. The molecule has 0 N–H and O–H groups in total. The molecule has 84 valence electrons. The van der Waals surface area contributed by atoms with Crippen LogP contribution in [0.5, 0.6) is 0 Å². The zero-order valence-corrected chi connectivity index (χ0v) is 10.6. The first kappa shape index (κ1) is 11.5. The van der Waals surface area contributed by atoms with Crippen molar-refractivity contribution in [2.24, 2.45) is 0 Å². The maximum atomic E-state index is 13.2. The minimum atomic E-state index is -0.206. The van der Waals surface area contributed by atoms with Crippen molar-refractivity contribution < 1.29 is 13.9 Å². The first-order valence-electron chi connectivity index (χ1n) is 4.92. The van der Waals surface area contributed by atoms with E-state index in [1.54, 1.807) is 0 Å². The van der Waals surface area contributed by atoms with Crippen LogP contribution in [0.4, 0.5) is 4.39 Å². The number of hydrogen-bond acceptors (Lipinski definition) is 3. The predicted octanol–water partition coefficient (Wildman–Crippen LogP) is 3.69. The molecule has 1 unspecified atom stereocenters. The first-order valence-corrected chi connectivity index (χ1v) is 6.53. The van der Waals surface area contributed by atoms with E-state index in [1.807, 2.05) is 0 Å². The lowest BCUT2D eigenvalue weighted by molar-refractivity contribution is -0.168. The molecule has 0 aliphatic carbocycles. The molecule has 1 aromatic heterocycles. The van der Waals surface area contributed by atoms with Crippen molar-refractivity contribution in [1.29, 1.82) is 0 Å². The van der Waals surface area contributed by atoms with Crippen LogP contribution in [0.2, 0.25) is 0 Å². The van der Waals surface area contributed by atoms with Crippen molar-refractivity contribution >= 4 is 27.3 Å². The Morgan fingerprint density at radius 2 is 2.47 bits per heavy atom. The highest BCUT2D eigenvalue weighted by molar-refractivity contribution is 9.11. The smallest absolute Gasteiger partial charge is 0.158 e. The molecule has 0 aromatic carbocycles. The van der Waals surface area contributed by atoms with E-state index in [0.717, 1.165) is 29.7 Å². The van der Waals surface area contributed by atoms with Crippen LogP contribution in [-0.2, 0) is 16.1 Å². The van der Waals surface area contributed by atoms with E-state index < -0.39 is 0 Å². The quantitative estimate of drug-likeness (QED) is 0.846. The second kappa shape index (κ2) is 5.39. The molecule has 5 heteroatoms. The van der Waals surface area contributed by atoms with Gasteiger partial charge in [0.25, 0.3) is 0 Å². The Balaban J connectivity index is 1.84. The van der Waals surface area contributed by atoms with E-state index >= 15 is 0 Å². The van der Waals surface area contributed by atoms with Gasteiger partial charge in [0, 0.05) is 6.61 Å². The SMILES string of the molecule is Fc1cc(Br)sc1COC1CCCCO1. The third-order valence-corrected chi connectivity index (χ3v) is 3.85. The van der Waals surface area contributed by atoms with E-state index in [2.05, 4.69) is 15.9 Å². The molecule has 2 rings (SSSR count). The van der Waals surface area contributed by atoms with Crippen molar-refractivity contribution in [3.8, 4) is 0 Å². The van der Waals surface area contributed by atoms with Gasteiger partial charge in [0.2, 0.25) is 0 Å². The summed E-state index contributed by atoms with van der Waals surface area (Å²) in [6, 6.07) is 1.46. The van der Waals surface area contributed by atoms with E-state index in [-0.39, 0.29) is 12.1 Å². The summed E-state index contributed by atoms with van der Waals surface area (Å²) in [5.74, 6) is -0.206. The van der Waals surface area contributed by atoms with Crippen molar-refractivity contribution in [2.45, 2.75) is 32.2 Å². The summed E-state index contributed by atoms with van der Waals surface area (Å²) >= 11 is 4.60. The molecule has 0 spiro atoms. The lowest BCUT2D eigenvalue weighted by Gasteiger charge is -2.22. The number of halogens is 2. The lowest BCUT2D eigenvalue weighted by atomic mass is 10.2. The Labute approximate surface area is 101 Å². The van der Waals surface area contributed by atoms with Gasteiger partial charge in [0.05, 0.1) is 15.3 Å². The molecular formula is C10H12BrFO2S. The molecule has 2 heterocycles. The third-order valence-electron chi connectivity index (χ3n) is 2.27. The highest BCUT2D eigenvalue weighted by atomic mass is 79.9. The van der Waals surface area contributed by atoms with Gasteiger partial charge in [-0.1, -0.05) is 0 Å². The number of hydrogen-bond donors (Lipinski definition) is 0. The molecule has 1 aromatic rings. The average Bonchev–Trinajstić information content (AvgIpc) is 2.56. The molecule has 0 radical (unpaired) electrons. The second-order valence-electron chi connectivity index (χ2n) is 3.43. The summed E-state index contributed by atoms with van der Waals surface area (Å²) in [5.41, 5.74) is 0. The van der Waals surface area contributed by atoms with Gasteiger partial charge < -0.3 is 9.47 Å². The van der Waals surface area contributed by atoms with E-state index in [1.165, 1.54) is 17.4 Å². The fraction of sp³-hybridized carbons (Fsp3) is 0.600. The van der Waals surface area contributed by atoms with Crippen LogP contribution < -0.4 is 0 Å². The Kier molecular flexibility index (Phi) is 4.13. The Morgan fingerprint density at radius 1 is 1.60 bits per heavy atom. The fourth-order valence-corrected chi connectivity index (χ4v) is 2.95. The summed E-state index contributed by atoms with van der Waals surface area (Å²) in [6.45, 7) is 1.05. The van der Waals surface area contributed by atoms with Crippen LogP contribution in [0.1, 0.15) is 24.1 Å². The van der Waals surface area contributed by atoms with Gasteiger partial charge in [-0.15, -0.1) is 11.3 Å². The monoisotopic (exact) mass is 294 g/mol. The summed E-state index contributed by atoms with van der Waals surface area (Å²) < 4.78 is 24.9. The number of ether oxygens (including phenoxy) is 2. The van der Waals surface area contributed by atoms with Gasteiger partial charge in [-0.3, -0.25) is 0 Å². The van der Waals surface area contributed by atoms with Gasteiger partial charge in [-0.25, -0.2) is 4.39 Å². The van der Waals surface area contributed by atoms with Gasteiger partial charge in [-0.2, -0.15) is 0 Å². The number of rotatable bonds is 3. The minimum absolute atomic E-state index is 0.154. The van der Waals surface area contributed by atoms with Gasteiger partial charge in [0.1, 0.15) is 5.82 Å². The normalized spacial score (nSPS) is 21.9. The third kappa shape index (κ3) is 3.24. The van der Waals surface area contributed by atoms with Gasteiger partial charge >= 0.3 is 0 Å². The Morgan fingerprint density at radius 3 is 3.07 bits per heavy atom. The molecule has 1 saturated heterocycles. The Hall–Kier alpha value is 0.0300. The molecule has 0 amide bonds. The highest BCUT2D eigenvalue weighted by Crippen LogP contribution is 2.27. The second-order valence-corrected chi connectivity index (χ2v) is 5.94. The van der Waals surface area contributed by atoms with Crippen LogP contribution in [0, 0.1) is 5.82 Å². The summed E-state index contributed by atoms with van der Waals surface area (Å²) in [4.78, 5) is 0.621. The fourth-order valence-electron chi connectivity index (χ4n) is 1.49. The summed E-state index contributed by atoms with van der Waals surface area (Å²) in [6.07, 6.45) is 2.98. The maximum Gasteiger partial charge on any atom is 0.158 e. The Bertz CT molecular complexity index is 323. The predicted molar refractivity (Wildman–Crippen MR) is 60.4 cm³/mol. The van der Waals surface area contributed by atoms with Crippen molar-refractivity contribution in [3.63, 3.8) is 0 Å². The molecular weight excluding hydrogens is 283 g/mol. The van der Waals surface area contributed by atoms with Crippen LogP contribution >= 0.6 is 27.3 Å². The van der Waals surface area contributed by atoms with Crippen LogP contribution in [0.25, 0.3) is 0 Å². The van der Waals surface area contributed by atoms with Crippen LogP contribution in [-0.4, -0.2) is 12.9 Å². The molecule has 1 atom stereocenters. The molecule has 1 fully saturated rings. The topological polar surface area (TPSA) is 18.5 Å². The molecule has 15 heavy (non-hydrogen) atoms. The van der Waals surface area contributed by atoms with E-state index in [0.29, 0.717) is 11.5 Å². The zero-order valence-electron chi connectivity index (χ0n) is 8.17. The highest BCUT2D eigenvalue weighted by Gasteiger charge is 2.15. The molecule has 0 bridgehead atoms. The minimum Gasteiger partial charge on any atom is -0.353 e. The van der Waals surface area contributed by atoms with E-state index in [4.69, 9.17) is 9.47 Å². The van der Waals surface area contributed by atoms with Crippen molar-refractivity contribution in [3.05, 3.63) is 20.5 Å². The summed E-state index contributed by atoms with van der Waals surface area (Å²) in [5, 5.41) is 0. The van der Waals surface area contributed by atoms with Crippen LogP contribution in [0.15, 0.2) is 9.85 Å². The van der Waals surface area contributed by atoms with E-state index in [9.17, 15) is 4.39 Å². The molecule has 1 aliphatic rings. The molecule has 2 nitrogen and oxygen atoms in total. The molecule has 1 aliphatic heterocycles. The zero-order chi connectivity index (χ0) is 10.7. The van der Waals surface area contributed by atoms with Crippen LogP contribution in [0.3, 0.4) is 0 Å². The van der Waals surface area contributed by atoms with Gasteiger partial charge in [-0.05, 0) is 41.3 Å². The van der Waals surface area contributed by atoms with Crippen molar-refractivity contribution in [1.82, 2.24) is 0 Å². The van der Waals surface area contributed by atoms with Gasteiger partial charge in [0.15, 0.2) is 6.29 Å². The maximum absolute atomic E-state index is 13.2. The molecule has 0 saturated carbocycles. The largest absolute Gasteiger partial charge is 0.353 e. The summed E-state index contributed by atoms with van der Waals surface area (Å²) in [7, 11) is 0. The number of thiophene rings is 1. The average molecular weight is 295 g/mol.